The predicted molar refractivity (Wildman–Crippen MR) is 82.2 cm³/mol. The Hall–Kier alpha value is -2.08. The molecule has 0 spiro atoms. The highest BCUT2D eigenvalue weighted by Gasteiger charge is 2.19. The van der Waals surface area contributed by atoms with Crippen LogP contribution in [0, 0.1) is 5.82 Å². The summed E-state index contributed by atoms with van der Waals surface area (Å²) in [4.78, 5) is -0.424. The third-order valence-electron chi connectivity index (χ3n) is 3.05. The number of halogens is 1. The Kier molecular flexibility index (Phi) is 4.18. The highest BCUT2D eigenvalue weighted by atomic mass is 32.2. The van der Waals surface area contributed by atoms with Gasteiger partial charge in [-0.3, -0.25) is 4.72 Å². The molecule has 21 heavy (non-hydrogen) atoms. The third kappa shape index (κ3) is 3.52. The Morgan fingerprint density at radius 2 is 1.86 bits per heavy atom. The largest absolute Gasteiger partial charge is 0.399 e. The van der Waals surface area contributed by atoms with Gasteiger partial charge in [-0.15, -0.1) is 0 Å². The molecular weight excluding hydrogens is 291 g/mol. The van der Waals surface area contributed by atoms with Crippen molar-refractivity contribution >= 4 is 21.4 Å². The first-order valence-electron chi connectivity index (χ1n) is 6.47. The maximum atomic E-state index is 13.8. The Labute approximate surface area is 123 Å². The molecule has 0 aliphatic heterocycles. The minimum Gasteiger partial charge on any atom is -0.399 e. The van der Waals surface area contributed by atoms with Crippen molar-refractivity contribution in [3.05, 3.63) is 53.8 Å². The highest BCUT2D eigenvalue weighted by molar-refractivity contribution is 7.92. The Bertz CT molecular complexity index is 758. The van der Waals surface area contributed by atoms with Crippen molar-refractivity contribution in [2.45, 2.75) is 24.7 Å². The minimum atomic E-state index is -3.98. The fourth-order valence-electron chi connectivity index (χ4n) is 1.91. The first-order chi connectivity index (χ1) is 9.79. The van der Waals surface area contributed by atoms with Crippen LogP contribution in [-0.4, -0.2) is 8.42 Å². The monoisotopic (exact) mass is 308 g/mol. The van der Waals surface area contributed by atoms with Crippen molar-refractivity contribution in [1.29, 1.82) is 0 Å². The van der Waals surface area contributed by atoms with Gasteiger partial charge in [-0.1, -0.05) is 26.0 Å². The van der Waals surface area contributed by atoms with Gasteiger partial charge in [0, 0.05) is 11.4 Å². The van der Waals surface area contributed by atoms with Crippen LogP contribution in [0.25, 0.3) is 0 Å². The van der Waals surface area contributed by atoms with E-state index in [1.807, 2.05) is 19.9 Å². The van der Waals surface area contributed by atoms with Crippen LogP contribution in [-0.2, 0) is 10.0 Å². The normalized spacial score (nSPS) is 11.6. The molecule has 0 amide bonds. The third-order valence-corrected chi connectivity index (χ3v) is 4.47. The SMILES string of the molecule is CC(C)c1cccc(NS(=O)(=O)c2ccc(N)cc2F)c1. The van der Waals surface area contributed by atoms with Crippen molar-refractivity contribution in [2.75, 3.05) is 10.5 Å². The summed E-state index contributed by atoms with van der Waals surface area (Å²) in [5.74, 6) is -0.606. The van der Waals surface area contributed by atoms with Gasteiger partial charge >= 0.3 is 0 Å². The summed E-state index contributed by atoms with van der Waals surface area (Å²) in [6.45, 7) is 4.01. The zero-order valence-electron chi connectivity index (χ0n) is 11.8. The van der Waals surface area contributed by atoms with Crippen molar-refractivity contribution < 1.29 is 12.8 Å². The van der Waals surface area contributed by atoms with Crippen molar-refractivity contribution in [2.24, 2.45) is 0 Å². The standard InChI is InChI=1S/C15H17FN2O2S/c1-10(2)11-4-3-5-13(8-11)18-21(19,20)15-7-6-12(17)9-14(15)16/h3-10,18H,17H2,1-2H3. The lowest BCUT2D eigenvalue weighted by molar-refractivity contribution is 0.571. The first kappa shape index (κ1) is 15.3. The summed E-state index contributed by atoms with van der Waals surface area (Å²) < 4.78 is 40.6. The molecule has 0 unspecified atom stereocenters. The van der Waals surface area contributed by atoms with Crippen LogP contribution >= 0.6 is 0 Å². The Morgan fingerprint density at radius 1 is 1.14 bits per heavy atom. The van der Waals surface area contributed by atoms with Gasteiger partial charge in [-0.2, -0.15) is 0 Å². The molecule has 112 valence electrons. The highest BCUT2D eigenvalue weighted by Crippen LogP contribution is 2.23. The molecule has 0 saturated heterocycles. The second-order valence-corrected chi connectivity index (χ2v) is 6.73. The molecule has 0 atom stereocenters. The van der Waals surface area contributed by atoms with E-state index in [2.05, 4.69) is 4.72 Å². The Morgan fingerprint density at radius 3 is 2.48 bits per heavy atom. The molecule has 0 bridgehead atoms. The van der Waals surface area contributed by atoms with E-state index in [9.17, 15) is 12.8 Å². The summed E-state index contributed by atoms with van der Waals surface area (Å²) in [6.07, 6.45) is 0. The summed E-state index contributed by atoms with van der Waals surface area (Å²) in [5, 5.41) is 0. The first-order valence-corrected chi connectivity index (χ1v) is 7.96. The molecule has 0 radical (unpaired) electrons. The van der Waals surface area contributed by atoms with Crippen LogP contribution in [0.1, 0.15) is 25.3 Å². The summed E-state index contributed by atoms with van der Waals surface area (Å²) in [5.41, 5.74) is 6.99. The molecule has 2 aromatic rings. The van der Waals surface area contributed by atoms with Crippen LogP contribution in [0.2, 0.25) is 0 Å². The molecule has 0 aromatic heterocycles. The van der Waals surface area contributed by atoms with Crippen LogP contribution in [0.5, 0.6) is 0 Å². The van der Waals surface area contributed by atoms with Crippen molar-refractivity contribution in [3.8, 4) is 0 Å². The molecule has 6 heteroatoms. The number of benzene rings is 2. The second-order valence-electron chi connectivity index (χ2n) is 5.08. The molecule has 4 nitrogen and oxygen atoms in total. The van der Waals surface area contributed by atoms with E-state index in [4.69, 9.17) is 5.73 Å². The van der Waals surface area contributed by atoms with E-state index in [1.165, 1.54) is 6.07 Å². The quantitative estimate of drug-likeness (QED) is 0.851. The van der Waals surface area contributed by atoms with Crippen LogP contribution in [0.4, 0.5) is 15.8 Å². The van der Waals surface area contributed by atoms with Gasteiger partial charge in [0.05, 0.1) is 0 Å². The average molecular weight is 308 g/mol. The number of nitrogens with two attached hydrogens (primary N) is 1. The van der Waals surface area contributed by atoms with Gasteiger partial charge in [0.15, 0.2) is 0 Å². The molecule has 0 fully saturated rings. The topological polar surface area (TPSA) is 72.2 Å². The van der Waals surface area contributed by atoms with Gasteiger partial charge in [-0.25, -0.2) is 12.8 Å². The minimum absolute atomic E-state index is 0.174. The van der Waals surface area contributed by atoms with E-state index in [-0.39, 0.29) is 11.6 Å². The number of rotatable bonds is 4. The number of anilines is 2. The summed E-state index contributed by atoms with van der Waals surface area (Å²) in [6, 6.07) is 10.5. The molecule has 2 rings (SSSR count). The maximum absolute atomic E-state index is 13.8. The molecule has 0 heterocycles. The molecule has 2 aromatic carbocycles. The number of sulfonamides is 1. The van der Waals surface area contributed by atoms with Gasteiger partial charge in [0.1, 0.15) is 10.7 Å². The molecule has 3 N–H and O–H groups in total. The van der Waals surface area contributed by atoms with Crippen LogP contribution < -0.4 is 10.5 Å². The number of hydrogen-bond acceptors (Lipinski definition) is 3. The summed E-state index contributed by atoms with van der Waals surface area (Å²) >= 11 is 0. The smallest absolute Gasteiger partial charge is 0.264 e. The predicted octanol–water partition coefficient (Wildman–Crippen LogP) is 3.33. The lowest BCUT2D eigenvalue weighted by Crippen LogP contribution is -2.15. The fraction of sp³-hybridized carbons (Fsp3) is 0.200. The number of hydrogen-bond donors (Lipinski definition) is 2. The molecule has 0 saturated carbocycles. The van der Waals surface area contributed by atoms with Gasteiger partial charge in [0.2, 0.25) is 0 Å². The number of nitrogens with one attached hydrogen (secondary N) is 1. The van der Waals surface area contributed by atoms with E-state index in [1.54, 1.807) is 18.2 Å². The fourth-order valence-corrected chi connectivity index (χ4v) is 3.02. The molecule has 0 aliphatic carbocycles. The second kappa shape index (κ2) is 5.73. The molecular formula is C15H17FN2O2S. The van der Waals surface area contributed by atoms with Gasteiger partial charge in [-0.05, 0) is 41.8 Å². The Balaban J connectivity index is 2.35. The summed E-state index contributed by atoms with van der Waals surface area (Å²) in [7, 11) is -3.98. The lowest BCUT2D eigenvalue weighted by atomic mass is 10.0. The number of nitrogen functional groups attached to an aromatic ring is 1. The molecule has 0 aliphatic rings. The van der Waals surface area contributed by atoms with Crippen molar-refractivity contribution in [1.82, 2.24) is 0 Å². The zero-order valence-corrected chi connectivity index (χ0v) is 12.6. The van der Waals surface area contributed by atoms with Gasteiger partial charge < -0.3 is 5.73 Å². The van der Waals surface area contributed by atoms with Crippen LogP contribution in [0.15, 0.2) is 47.4 Å². The van der Waals surface area contributed by atoms with E-state index in [0.717, 1.165) is 17.7 Å². The van der Waals surface area contributed by atoms with E-state index < -0.39 is 20.7 Å². The zero-order chi connectivity index (χ0) is 15.6. The van der Waals surface area contributed by atoms with Crippen LogP contribution in [0.3, 0.4) is 0 Å². The van der Waals surface area contributed by atoms with Gasteiger partial charge in [0.25, 0.3) is 10.0 Å². The average Bonchev–Trinajstić information content (AvgIpc) is 2.37. The lowest BCUT2D eigenvalue weighted by Gasteiger charge is -2.11. The maximum Gasteiger partial charge on any atom is 0.264 e. The van der Waals surface area contributed by atoms with Crippen molar-refractivity contribution in [3.63, 3.8) is 0 Å². The van der Waals surface area contributed by atoms with E-state index in [0.29, 0.717) is 5.69 Å². The van der Waals surface area contributed by atoms with E-state index >= 15 is 0 Å².